The van der Waals surface area contributed by atoms with Crippen molar-refractivity contribution in [2.24, 2.45) is 5.92 Å². The zero-order chi connectivity index (χ0) is 20.1. The summed E-state index contributed by atoms with van der Waals surface area (Å²) in [5.41, 5.74) is 1.41. The van der Waals surface area contributed by atoms with E-state index < -0.39 is 0 Å². The van der Waals surface area contributed by atoms with Crippen LogP contribution < -0.4 is 14.8 Å². The molecule has 0 bridgehead atoms. The van der Waals surface area contributed by atoms with Gasteiger partial charge in [0.05, 0.1) is 32.1 Å². The second-order valence-corrected chi connectivity index (χ2v) is 6.92. The molecule has 3 rings (SSSR count). The molecule has 1 fully saturated rings. The summed E-state index contributed by atoms with van der Waals surface area (Å²) in [4.78, 5) is 26.9. The van der Waals surface area contributed by atoms with E-state index in [1.807, 2.05) is 25.1 Å². The molecule has 0 aliphatic carbocycles. The highest BCUT2D eigenvalue weighted by atomic mass is 16.5. The van der Waals surface area contributed by atoms with Gasteiger partial charge in [-0.1, -0.05) is 0 Å². The van der Waals surface area contributed by atoms with Crippen LogP contribution in [0.1, 0.15) is 41.7 Å². The van der Waals surface area contributed by atoms with Gasteiger partial charge in [-0.05, 0) is 44.0 Å². The van der Waals surface area contributed by atoms with Gasteiger partial charge < -0.3 is 24.1 Å². The molecule has 2 heterocycles. The molecule has 1 aliphatic rings. The number of nitrogens with zero attached hydrogens (tertiary/aromatic N) is 1. The van der Waals surface area contributed by atoms with Crippen LogP contribution in [0.3, 0.4) is 0 Å². The summed E-state index contributed by atoms with van der Waals surface area (Å²) in [5.74, 6) is 1.24. The topological polar surface area (TPSA) is 81.0 Å². The van der Waals surface area contributed by atoms with Crippen LogP contribution in [0.2, 0.25) is 0 Å². The highest BCUT2D eigenvalue weighted by Crippen LogP contribution is 2.30. The lowest BCUT2D eigenvalue weighted by Crippen LogP contribution is -2.43. The van der Waals surface area contributed by atoms with Crippen molar-refractivity contribution >= 4 is 11.8 Å². The zero-order valence-corrected chi connectivity index (χ0v) is 16.4. The molecule has 7 nitrogen and oxygen atoms in total. The number of methoxy groups -OCH3 is 2. The number of likely N-dealkylation sites (tertiary alicyclic amines) is 1. The van der Waals surface area contributed by atoms with Gasteiger partial charge in [0, 0.05) is 24.6 Å². The number of rotatable bonds is 6. The van der Waals surface area contributed by atoms with Crippen molar-refractivity contribution in [3.05, 3.63) is 47.9 Å². The fourth-order valence-electron chi connectivity index (χ4n) is 3.50. The zero-order valence-electron chi connectivity index (χ0n) is 16.4. The molecule has 0 radical (unpaired) electrons. The fraction of sp³-hybridized carbons (Fsp3) is 0.429. The average Bonchev–Trinajstić information content (AvgIpc) is 3.27. The normalized spacial score (nSPS) is 15.8. The lowest BCUT2D eigenvalue weighted by molar-refractivity contribution is -0.127. The minimum Gasteiger partial charge on any atom is -0.497 e. The number of ether oxygens (including phenoxy) is 2. The summed E-state index contributed by atoms with van der Waals surface area (Å²) in [6, 6.07) is 6.96. The van der Waals surface area contributed by atoms with Gasteiger partial charge in [-0.25, -0.2) is 0 Å². The van der Waals surface area contributed by atoms with Crippen LogP contribution in [0.15, 0.2) is 41.2 Å². The number of furan rings is 1. The Balaban J connectivity index is 1.58. The minimum absolute atomic E-state index is 0.00668. The average molecular weight is 386 g/mol. The molecule has 1 unspecified atom stereocenters. The Labute approximate surface area is 164 Å². The minimum atomic E-state index is -0.219. The molecular weight excluding hydrogens is 360 g/mol. The highest BCUT2D eigenvalue weighted by Gasteiger charge is 2.29. The first-order valence-corrected chi connectivity index (χ1v) is 9.37. The van der Waals surface area contributed by atoms with Gasteiger partial charge in [0.2, 0.25) is 5.91 Å². The number of amides is 2. The number of benzene rings is 1. The fourth-order valence-corrected chi connectivity index (χ4v) is 3.50. The molecule has 0 spiro atoms. The van der Waals surface area contributed by atoms with Crippen molar-refractivity contribution < 1.29 is 23.5 Å². The monoisotopic (exact) mass is 386 g/mol. The van der Waals surface area contributed by atoms with Crippen LogP contribution in [0, 0.1) is 5.92 Å². The number of piperidine rings is 1. The van der Waals surface area contributed by atoms with Crippen LogP contribution in [0.25, 0.3) is 0 Å². The molecule has 28 heavy (non-hydrogen) atoms. The largest absolute Gasteiger partial charge is 0.497 e. The molecule has 0 saturated carbocycles. The summed E-state index contributed by atoms with van der Waals surface area (Å²) in [7, 11) is 3.21. The van der Waals surface area contributed by atoms with Gasteiger partial charge in [0.1, 0.15) is 17.8 Å². The molecule has 7 heteroatoms. The number of hydrogen-bond acceptors (Lipinski definition) is 5. The Bertz CT molecular complexity index is 810. The number of hydrogen-bond donors (Lipinski definition) is 1. The maximum Gasteiger partial charge on any atom is 0.257 e. The van der Waals surface area contributed by atoms with E-state index in [1.54, 1.807) is 25.2 Å². The lowest BCUT2D eigenvalue weighted by atomic mass is 9.94. The van der Waals surface area contributed by atoms with Gasteiger partial charge in [-0.2, -0.15) is 0 Å². The van der Waals surface area contributed by atoms with Gasteiger partial charge in [-0.3, -0.25) is 9.59 Å². The van der Waals surface area contributed by atoms with Crippen LogP contribution in [0.4, 0.5) is 0 Å². The molecule has 1 saturated heterocycles. The van der Waals surface area contributed by atoms with Crippen LogP contribution in [-0.4, -0.2) is 44.0 Å². The van der Waals surface area contributed by atoms with E-state index in [0.29, 0.717) is 43.0 Å². The molecule has 1 atom stereocenters. The lowest BCUT2D eigenvalue weighted by Gasteiger charge is -2.31. The van der Waals surface area contributed by atoms with Crippen molar-refractivity contribution in [2.75, 3.05) is 27.3 Å². The first-order valence-electron chi connectivity index (χ1n) is 9.37. The smallest absolute Gasteiger partial charge is 0.257 e. The van der Waals surface area contributed by atoms with Crippen LogP contribution >= 0.6 is 0 Å². The highest BCUT2D eigenvalue weighted by molar-refractivity contribution is 5.94. The van der Waals surface area contributed by atoms with E-state index in [4.69, 9.17) is 13.9 Å². The first-order chi connectivity index (χ1) is 13.5. The SMILES string of the molecule is COc1ccc(OC)c(C(C)NC(=O)C2CCN(C(=O)c3ccoc3)CC2)c1. The predicted molar refractivity (Wildman–Crippen MR) is 103 cm³/mol. The maximum absolute atomic E-state index is 12.7. The number of carbonyl (C=O) groups is 2. The number of carbonyl (C=O) groups excluding carboxylic acids is 2. The molecule has 2 aromatic rings. The van der Waals surface area contributed by atoms with E-state index in [0.717, 1.165) is 5.56 Å². The van der Waals surface area contributed by atoms with Crippen molar-refractivity contribution in [1.82, 2.24) is 10.2 Å². The standard InChI is InChI=1S/C21H26N2O5/c1-14(18-12-17(26-2)4-5-19(18)27-3)22-20(24)15-6-9-23(10-7-15)21(25)16-8-11-28-13-16/h4-5,8,11-15H,6-7,9-10H2,1-3H3,(H,22,24). The van der Waals surface area contributed by atoms with E-state index in [-0.39, 0.29) is 23.8 Å². The Morgan fingerprint density at radius 1 is 1.18 bits per heavy atom. The van der Waals surface area contributed by atoms with E-state index in [1.165, 1.54) is 12.5 Å². The second kappa shape index (κ2) is 8.82. The molecule has 1 aromatic heterocycles. The third-order valence-electron chi connectivity index (χ3n) is 5.18. The Morgan fingerprint density at radius 3 is 2.54 bits per heavy atom. The molecule has 1 aromatic carbocycles. The molecule has 1 aliphatic heterocycles. The van der Waals surface area contributed by atoms with Crippen molar-refractivity contribution in [1.29, 1.82) is 0 Å². The molecular formula is C21H26N2O5. The third-order valence-corrected chi connectivity index (χ3v) is 5.18. The second-order valence-electron chi connectivity index (χ2n) is 6.92. The summed E-state index contributed by atoms with van der Waals surface area (Å²) in [5, 5.41) is 3.07. The van der Waals surface area contributed by atoms with E-state index in [9.17, 15) is 9.59 Å². The predicted octanol–water partition coefficient (Wildman–Crippen LogP) is 3.03. The molecule has 1 N–H and O–H groups in total. The molecule has 2 amide bonds. The number of nitrogens with one attached hydrogen (secondary N) is 1. The summed E-state index contributed by atoms with van der Waals surface area (Å²) >= 11 is 0. The van der Waals surface area contributed by atoms with Gasteiger partial charge in [0.25, 0.3) is 5.91 Å². The van der Waals surface area contributed by atoms with E-state index >= 15 is 0 Å². The van der Waals surface area contributed by atoms with Crippen molar-refractivity contribution in [3.8, 4) is 11.5 Å². The summed E-state index contributed by atoms with van der Waals surface area (Å²) in [6.07, 6.45) is 4.21. The van der Waals surface area contributed by atoms with Gasteiger partial charge in [-0.15, -0.1) is 0 Å². The van der Waals surface area contributed by atoms with Crippen LogP contribution in [0.5, 0.6) is 11.5 Å². The van der Waals surface area contributed by atoms with Crippen molar-refractivity contribution in [3.63, 3.8) is 0 Å². The Hall–Kier alpha value is -2.96. The molecule has 150 valence electrons. The van der Waals surface area contributed by atoms with Gasteiger partial charge >= 0.3 is 0 Å². The Morgan fingerprint density at radius 2 is 1.93 bits per heavy atom. The maximum atomic E-state index is 12.7. The summed E-state index contributed by atoms with van der Waals surface area (Å²) in [6.45, 7) is 3.03. The quantitative estimate of drug-likeness (QED) is 0.825. The van der Waals surface area contributed by atoms with Gasteiger partial charge in [0.15, 0.2) is 0 Å². The summed E-state index contributed by atoms with van der Waals surface area (Å²) < 4.78 is 15.7. The van der Waals surface area contributed by atoms with Crippen molar-refractivity contribution in [2.45, 2.75) is 25.8 Å². The Kier molecular flexibility index (Phi) is 6.23. The third kappa shape index (κ3) is 4.30. The van der Waals surface area contributed by atoms with Crippen LogP contribution in [-0.2, 0) is 4.79 Å². The van der Waals surface area contributed by atoms with E-state index in [2.05, 4.69) is 5.32 Å². The first kappa shape index (κ1) is 19.8.